The van der Waals surface area contributed by atoms with Gasteiger partial charge in [0.2, 0.25) is 5.91 Å². The van der Waals surface area contributed by atoms with Crippen LogP contribution in [-0.2, 0) is 11.3 Å². The van der Waals surface area contributed by atoms with Crippen molar-refractivity contribution in [3.63, 3.8) is 0 Å². The van der Waals surface area contributed by atoms with Crippen LogP contribution in [0.5, 0.6) is 0 Å². The van der Waals surface area contributed by atoms with Gasteiger partial charge in [0, 0.05) is 5.69 Å². The smallest absolute Gasteiger partial charge is 0.278 e. The molecule has 0 unspecified atom stereocenters. The van der Waals surface area contributed by atoms with Crippen molar-refractivity contribution < 1.29 is 14.0 Å². The molecule has 0 aliphatic carbocycles. The van der Waals surface area contributed by atoms with Gasteiger partial charge in [0.15, 0.2) is 5.69 Å². The summed E-state index contributed by atoms with van der Waals surface area (Å²) in [5.41, 5.74) is 1.76. The van der Waals surface area contributed by atoms with Crippen LogP contribution in [0.4, 0.5) is 15.8 Å². The minimum absolute atomic E-state index is 0.0779. The number of aromatic nitrogens is 3. The lowest BCUT2D eigenvalue weighted by Gasteiger charge is -2.08. The third-order valence-corrected chi connectivity index (χ3v) is 4.40. The van der Waals surface area contributed by atoms with E-state index in [0.717, 1.165) is 0 Å². The number of hydrogen-bond acceptors (Lipinski definition) is 4. The Hall–Kier alpha value is -3.26. The number of hydrogen-bond donors (Lipinski definition) is 2. The van der Waals surface area contributed by atoms with Crippen molar-refractivity contribution in [2.24, 2.45) is 0 Å². The maximum Gasteiger partial charge on any atom is 0.278 e. The number of anilines is 2. The van der Waals surface area contributed by atoms with E-state index in [4.69, 9.17) is 11.6 Å². The molecule has 28 heavy (non-hydrogen) atoms. The summed E-state index contributed by atoms with van der Waals surface area (Å²) in [5.74, 6) is -1.32. The molecule has 0 saturated heterocycles. The first-order chi connectivity index (χ1) is 13.3. The molecule has 2 aromatic carbocycles. The van der Waals surface area contributed by atoms with Crippen LogP contribution < -0.4 is 10.6 Å². The standard InChI is InChI=1S/C19H17ClFN5O2/c1-11-7-8-13(9-15(11)21)22-17(27)10-26-12(2)18(24-25-26)19(28)23-16-6-4-3-5-14(16)20/h3-9H,10H2,1-2H3,(H,22,27)(H,23,28). The molecule has 0 aliphatic rings. The molecule has 1 heterocycles. The molecule has 0 radical (unpaired) electrons. The van der Waals surface area contributed by atoms with Crippen LogP contribution in [0.15, 0.2) is 42.5 Å². The quantitative estimate of drug-likeness (QED) is 0.683. The highest BCUT2D eigenvalue weighted by Crippen LogP contribution is 2.21. The number of benzene rings is 2. The number of carbonyl (C=O) groups is 2. The van der Waals surface area contributed by atoms with Crippen LogP contribution in [0, 0.1) is 19.7 Å². The first kappa shape index (κ1) is 19.5. The van der Waals surface area contributed by atoms with Crippen molar-refractivity contribution in [1.29, 1.82) is 0 Å². The summed E-state index contributed by atoms with van der Waals surface area (Å²) < 4.78 is 14.9. The number of aryl methyl sites for hydroxylation is 1. The van der Waals surface area contributed by atoms with Gasteiger partial charge in [-0.1, -0.05) is 35.0 Å². The molecule has 0 saturated carbocycles. The van der Waals surface area contributed by atoms with Crippen molar-refractivity contribution in [1.82, 2.24) is 15.0 Å². The fourth-order valence-electron chi connectivity index (χ4n) is 2.47. The molecular formula is C19H17ClFN5O2. The molecule has 0 aliphatic heterocycles. The van der Waals surface area contributed by atoms with E-state index in [0.29, 0.717) is 27.7 Å². The van der Waals surface area contributed by atoms with E-state index in [9.17, 15) is 14.0 Å². The number of nitrogens with zero attached hydrogens (tertiary/aromatic N) is 3. The third kappa shape index (κ3) is 4.34. The Morgan fingerprint density at radius 1 is 1.14 bits per heavy atom. The maximum absolute atomic E-state index is 13.6. The first-order valence-electron chi connectivity index (χ1n) is 8.37. The van der Waals surface area contributed by atoms with Crippen molar-refractivity contribution in [2.45, 2.75) is 20.4 Å². The number of para-hydroxylation sites is 1. The molecule has 0 fully saturated rings. The van der Waals surface area contributed by atoms with E-state index in [2.05, 4.69) is 20.9 Å². The van der Waals surface area contributed by atoms with Crippen LogP contribution in [0.25, 0.3) is 0 Å². The Morgan fingerprint density at radius 2 is 1.89 bits per heavy atom. The monoisotopic (exact) mass is 401 g/mol. The predicted octanol–water partition coefficient (Wildman–Crippen LogP) is 3.58. The van der Waals surface area contributed by atoms with Gasteiger partial charge in [0.1, 0.15) is 12.4 Å². The summed E-state index contributed by atoms with van der Waals surface area (Å²) in [6.07, 6.45) is 0. The van der Waals surface area contributed by atoms with Crippen molar-refractivity contribution in [3.8, 4) is 0 Å². The summed E-state index contributed by atoms with van der Waals surface area (Å²) in [4.78, 5) is 24.6. The van der Waals surface area contributed by atoms with Gasteiger partial charge >= 0.3 is 0 Å². The van der Waals surface area contributed by atoms with Gasteiger partial charge in [-0.25, -0.2) is 9.07 Å². The lowest BCUT2D eigenvalue weighted by atomic mass is 10.2. The normalized spacial score (nSPS) is 10.6. The van der Waals surface area contributed by atoms with E-state index < -0.39 is 17.6 Å². The van der Waals surface area contributed by atoms with Crippen LogP contribution in [0.3, 0.4) is 0 Å². The summed E-state index contributed by atoms with van der Waals surface area (Å²) in [7, 11) is 0. The van der Waals surface area contributed by atoms with Gasteiger partial charge in [0.25, 0.3) is 5.91 Å². The molecule has 0 bridgehead atoms. The van der Waals surface area contributed by atoms with Crippen LogP contribution in [-0.4, -0.2) is 26.8 Å². The van der Waals surface area contributed by atoms with Crippen molar-refractivity contribution in [3.05, 3.63) is 70.3 Å². The minimum atomic E-state index is -0.488. The predicted molar refractivity (Wildman–Crippen MR) is 104 cm³/mol. The summed E-state index contributed by atoms with van der Waals surface area (Å²) in [5, 5.41) is 13.3. The molecule has 3 aromatic rings. The van der Waals surface area contributed by atoms with Gasteiger partial charge in [-0.3, -0.25) is 9.59 Å². The molecule has 1 aromatic heterocycles. The number of halogens is 2. The fraction of sp³-hybridized carbons (Fsp3) is 0.158. The van der Waals surface area contributed by atoms with Gasteiger partial charge < -0.3 is 10.6 Å². The second-order valence-corrected chi connectivity index (χ2v) is 6.53. The second kappa shape index (κ2) is 8.18. The number of amides is 2. The van der Waals surface area contributed by atoms with Gasteiger partial charge in [-0.05, 0) is 43.7 Å². The molecular weight excluding hydrogens is 385 g/mol. The Kier molecular flexibility index (Phi) is 5.70. The number of rotatable bonds is 5. The van der Waals surface area contributed by atoms with E-state index in [1.807, 2.05) is 0 Å². The molecule has 144 valence electrons. The average molecular weight is 402 g/mol. The van der Waals surface area contributed by atoms with Crippen LogP contribution in [0.1, 0.15) is 21.7 Å². The Bertz CT molecular complexity index is 1050. The zero-order valence-electron chi connectivity index (χ0n) is 15.2. The summed E-state index contributed by atoms with van der Waals surface area (Å²) in [6, 6.07) is 11.2. The minimum Gasteiger partial charge on any atom is -0.324 e. The van der Waals surface area contributed by atoms with E-state index in [1.165, 1.54) is 10.7 Å². The van der Waals surface area contributed by atoms with Gasteiger partial charge in [-0.2, -0.15) is 0 Å². The summed E-state index contributed by atoms with van der Waals surface area (Å²) >= 11 is 6.03. The lowest BCUT2D eigenvalue weighted by molar-refractivity contribution is -0.117. The third-order valence-electron chi connectivity index (χ3n) is 4.07. The molecule has 9 heteroatoms. The number of nitrogens with one attached hydrogen (secondary N) is 2. The topological polar surface area (TPSA) is 88.9 Å². The second-order valence-electron chi connectivity index (χ2n) is 6.13. The van der Waals surface area contributed by atoms with Crippen LogP contribution in [0.2, 0.25) is 5.02 Å². The first-order valence-corrected chi connectivity index (χ1v) is 8.75. The Balaban J connectivity index is 1.68. The van der Waals surface area contributed by atoms with Gasteiger partial charge in [0.05, 0.1) is 16.4 Å². The number of carbonyl (C=O) groups excluding carboxylic acids is 2. The largest absolute Gasteiger partial charge is 0.324 e. The SMILES string of the molecule is Cc1ccc(NC(=O)Cn2nnc(C(=O)Nc3ccccc3Cl)c2C)cc1F. The molecule has 7 nitrogen and oxygen atoms in total. The highest BCUT2D eigenvalue weighted by atomic mass is 35.5. The average Bonchev–Trinajstić information content (AvgIpc) is 3.00. The molecule has 2 amide bonds. The zero-order valence-corrected chi connectivity index (χ0v) is 15.9. The highest BCUT2D eigenvalue weighted by Gasteiger charge is 2.19. The Labute approximate surface area is 165 Å². The van der Waals surface area contributed by atoms with Gasteiger partial charge in [-0.15, -0.1) is 5.10 Å². The van der Waals surface area contributed by atoms with Crippen molar-refractivity contribution >= 4 is 34.8 Å². The van der Waals surface area contributed by atoms with E-state index in [1.54, 1.807) is 50.2 Å². The van der Waals surface area contributed by atoms with E-state index >= 15 is 0 Å². The Morgan fingerprint density at radius 3 is 2.61 bits per heavy atom. The van der Waals surface area contributed by atoms with E-state index in [-0.39, 0.29) is 12.2 Å². The zero-order chi connectivity index (χ0) is 20.3. The van der Waals surface area contributed by atoms with Crippen molar-refractivity contribution in [2.75, 3.05) is 10.6 Å². The molecule has 0 spiro atoms. The molecule has 0 atom stereocenters. The molecule has 2 N–H and O–H groups in total. The maximum atomic E-state index is 13.6. The lowest BCUT2D eigenvalue weighted by Crippen LogP contribution is -2.21. The van der Waals surface area contributed by atoms with Crippen LogP contribution >= 0.6 is 11.6 Å². The summed E-state index contributed by atoms with van der Waals surface area (Å²) in [6.45, 7) is 3.09. The highest BCUT2D eigenvalue weighted by molar-refractivity contribution is 6.33. The molecule has 3 rings (SSSR count). The fourth-order valence-corrected chi connectivity index (χ4v) is 2.65.